The second kappa shape index (κ2) is 4.21. The van der Waals surface area contributed by atoms with Crippen molar-refractivity contribution in [1.29, 1.82) is 0 Å². The van der Waals surface area contributed by atoms with Gasteiger partial charge in [-0.15, -0.1) is 0 Å². The number of rotatable bonds is 1. The topological polar surface area (TPSA) is 35.5 Å². The fourth-order valence-corrected chi connectivity index (χ4v) is 1.21. The molecule has 1 aliphatic rings. The summed E-state index contributed by atoms with van der Waals surface area (Å²) in [5.41, 5.74) is 0. The second-order valence-electron chi connectivity index (χ2n) is 2.66. The summed E-state index contributed by atoms with van der Waals surface area (Å²) in [4.78, 5) is 10.6. The lowest BCUT2D eigenvalue weighted by Gasteiger charge is -2.19. The van der Waals surface area contributed by atoms with E-state index in [4.69, 9.17) is 4.74 Å². The molecular formula is C8H13O3. The number of carbonyl (C=O) groups excluding carboxylic acids is 1. The third-order valence-corrected chi connectivity index (χ3v) is 1.81. The first-order valence-electron chi connectivity index (χ1n) is 3.93. The Labute approximate surface area is 66.7 Å². The molecule has 0 aliphatic heterocycles. The Balaban J connectivity index is 2.19. The third kappa shape index (κ3) is 2.78. The van der Waals surface area contributed by atoms with E-state index >= 15 is 0 Å². The van der Waals surface area contributed by atoms with Crippen molar-refractivity contribution in [2.75, 3.05) is 7.11 Å². The standard InChI is InChI=1S/C8H13O3/c1-10-8(9)11-7-5-3-2-4-6-7/h2-6H2,1H3. The van der Waals surface area contributed by atoms with E-state index in [0.29, 0.717) is 0 Å². The number of carbonyl (C=O) groups is 1. The van der Waals surface area contributed by atoms with Gasteiger partial charge in [0, 0.05) is 0 Å². The van der Waals surface area contributed by atoms with Crippen molar-refractivity contribution in [3.63, 3.8) is 0 Å². The van der Waals surface area contributed by atoms with Crippen LogP contribution in [0.5, 0.6) is 0 Å². The van der Waals surface area contributed by atoms with Crippen LogP contribution in [0, 0.1) is 6.10 Å². The largest absolute Gasteiger partial charge is 0.508 e. The van der Waals surface area contributed by atoms with Crippen LogP contribution in [0.2, 0.25) is 0 Å². The SMILES string of the molecule is COC(=O)O[C]1CCCCC1. The van der Waals surface area contributed by atoms with Crippen LogP contribution in [0.25, 0.3) is 0 Å². The van der Waals surface area contributed by atoms with Gasteiger partial charge in [-0.3, -0.25) is 0 Å². The number of hydrogen-bond donors (Lipinski definition) is 0. The Morgan fingerprint density at radius 1 is 1.27 bits per heavy atom. The van der Waals surface area contributed by atoms with Crippen LogP contribution >= 0.6 is 0 Å². The molecule has 0 saturated heterocycles. The molecule has 0 aromatic heterocycles. The molecule has 0 aromatic rings. The summed E-state index contributed by atoms with van der Waals surface area (Å²) < 4.78 is 9.27. The van der Waals surface area contributed by atoms with Gasteiger partial charge in [-0.1, -0.05) is 6.42 Å². The number of methoxy groups -OCH3 is 1. The monoisotopic (exact) mass is 157 g/mol. The zero-order valence-corrected chi connectivity index (χ0v) is 6.76. The van der Waals surface area contributed by atoms with E-state index in [9.17, 15) is 4.79 Å². The van der Waals surface area contributed by atoms with Gasteiger partial charge >= 0.3 is 6.16 Å². The van der Waals surface area contributed by atoms with E-state index in [1.807, 2.05) is 0 Å². The molecule has 0 N–H and O–H groups in total. The molecule has 11 heavy (non-hydrogen) atoms. The summed E-state index contributed by atoms with van der Waals surface area (Å²) in [6.45, 7) is 0. The van der Waals surface area contributed by atoms with E-state index in [1.54, 1.807) is 0 Å². The predicted octanol–water partition coefficient (Wildman–Crippen LogP) is 2.27. The molecular weight excluding hydrogens is 144 g/mol. The highest BCUT2D eigenvalue weighted by Crippen LogP contribution is 2.26. The van der Waals surface area contributed by atoms with Crippen molar-refractivity contribution in [2.45, 2.75) is 32.1 Å². The Kier molecular flexibility index (Phi) is 3.20. The maximum Gasteiger partial charge on any atom is 0.508 e. The first-order valence-corrected chi connectivity index (χ1v) is 3.93. The van der Waals surface area contributed by atoms with Gasteiger partial charge in [0.15, 0.2) is 6.10 Å². The quantitative estimate of drug-likeness (QED) is 0.548. The van der Waals surface area contributed by atoms with E-state index < -0.39 is 6.16 Å². The highest BCUT2D eigenvalue weighted by molar-refractivity contribution is 5.60. The second-order valence-corrected chi connectivity index (χ2v) is 2.66. The molecule has 3 heteroatoms. The van der Waals surface area contributed by atoms with Gasteiger partial charge in [0.25, 0.3) is 0 Å². The molecule has 0 aromatic carbocycles. The fraction of sp³-hybridized carbons (Fsp3) is 0.750. The van der Waals surface area contributed by atoms with Crippen molar-refractivity contribution < 1.29 is 14.3 Å². The zero-order valence-electron chi connectivity index (χ0n) is 6.76. The lowest BCUT2D eigenvalue weighted by Crippen LogP contribution is -2.13. The van der Waals surface area contributed by atoms with E-state index in [0.717, 1.165) is 31.8 Å². The minimum absolute atomic E-state index is 0.582. The van der Waals surface area contributed by atoms with Crippen LogP contribution in [0.1, 0.15) is 32.1 Å². The van der Waals surface area contributed by atoms with E-state index in [1.165, 1.54) is 13.5 Å². The molecule has 1 fully saturated rings. The lowest BCUT2D eigenvalue weighted by molar-refractivity contribution is 0.0665. The smallest absolute Gasteiger partial charge is 0.438 e. The molecule has 0 unspecified atom stereocenters. The molecule has 0 atom stereocenters. The molecule has 63 valence electrons. The Hall–Kier alpha value is -0.730. The zero-order chi connectivity index (χ0) is 8.10. The summed E-state index contributed by atoms with van der Waals surface area (Å²) >= 11 is 0. The van der Waals surface area contributed by atoms with Crippen LogP contribution in [0.3, 0.4) is 0 Å². The van der Waals surface area contributed by atoms with Gasteiger partial charge in [-0.25, -0.2) is 4.79 Å². The minimum Gasteiger partial charge on any atom is -0.438 e. The Morgan fingerprint density at radius 3 is 2.45 bits per heavy atom. The van der Waals surface area contributed by atoms with Gasteiger partial charge < -0.3 is 9.47 Å². The van der Waals surface area contributed by atoms with Crippen LogP contribution in [-0.4, -0.2) is 13.3 Å². The van der Waals surface area contributed by atoms with Gasteiger partial charge in [-0.05, 0) is 25.7 Å². The van der Waals surface area contributed by atoms with Crippen LogP contribution in [-0.2, 0) is 9.47 Å². The number of hydrogen-bond acceptors (Lipinski definition) is 3. The number of ether oxygens (including phenoxy) is 2. The van der Waals surface area contributed by atoms with Gasteiger partial charge in [0.2, 0.25) is 0 Å². The molecule has 1 rings (SSSR count). The van der Waals surface area contributed by atoms with Crippen molar-refractivity contribution >= 4 is 6.16 Å². The Morgan fingerprint density at radius 2 is 1.91 bits per heavy atom. The minimum atomic E-state index is -0.582. The van der Waals surface area contributed by atoms with Crippen LogP contribution in [0.4, 0.5) is 4.79 Å². The van der Waals surface area contributed by atoms with E-state index in [-0.39, 0.29) is 0 Å². The normalized spacial score (nSPS) is 19.4. The molecule has 0 spiro atoms. The summed E-state index contributed by atoms with van der Waals surface area (Å²) in [5.74, 6) is 0. The van der Waals surface area contributed by atoms with Crippen LogP contribution in [0.15, 0.2) is 0 Å². The molecule has 0 amide bonds. The summed E-state index contributed by atoms with van der Waals surface area (Å²) in [6, 6.07) is 0. The summed E-state index contributed by atoms with van der Waals surface area (Å²) in [5, 5.41) is 0. The average molecular weight is 157 g/mol. The molecule has 0 bridgehead atoms. The molecule has 1 aliphatic carbocycles. The van der Waals surface area contributed by atoms with Gasteiger partial charge in [-0.2, -0.15) is 0 Å². The summed E-state index contributed by atoms with van der Waals surface area (Å²) in [6.07, 6.45) is 5.63. The highest BCUT2D eigenvalue weighted by Gasteiger charge is 2.18. The molecule has 1 saturated carbocycles. The fourth-order valence-electron chi connectivity index (χ4n) is 1.21. The van der Waals surface area contributed by atoms with Crippen molar-refractivity contribution in [2.24, 2.45) is 0 Å². The first kappa shape index (κ1) is 8.37. The van der Waals surface area contributed by atoms with Gasteiger partial charge in [0.1, 0.15) is 0 Å². The third-order valence-electron chi connectivity index (χ3n) is 1.81. The molecule has 3 nitrogen and oxygen atoms in total. The maximum atomic E-state index is 10.6. The van der Waals surface area contributed by atoms with E-state index in [2.05, 4.69) is 4.74 Å². The van der Waals surface area contributed by atoms with Crippen molar-refractivity contribution in [3.05, 3.63) is 6.10 Å². The van der Waals surface area contributed by atoms with Crippen molar-refractivity contribution in [1.82, 2.24) is 0 Å². The average Bonchev–Trinajstić information content (AvgIpc) is 2.06. The van der Waals surface area contributed by atoms with Crippen LogP contribution < -0.4 is 0 Å². The predicted molar refractivity (Wildman–Crippen MR) is 39.8 cm³/mol. The maximum absolute atomic E-state index is 10.6. The molecule has 0 heterocycles. The Bertz CT molecular complexity index is 127. The first-order chi connectivity index (χ1) is 5.33. The molecule has 1 radical (unpaired) electrons. The van der Waals surface area contributed by atoms with Gasteiger partial charge in [0.05, 0.1) is 7.11 Å². The summed E-state index contributed by atoms with van der Waals surface area (Å²) in [7, 11) is 1.33. The van der Waals surface area contributed by atoms with Crippen molar-refractivity contribution in [3.8, 4) is 0 Å². The highest BCUT2D eigenvalue weighted by atomic mass is 16.7. The lowest BCUT2D eigenvalue weighted by atomic mass is 9.98.